The molecule has 1 fully saturated rings. The zero-order chi connectivity index (χ0) is 17.6. The number of hydrogen-bond acceptors (Lipinski definition) is 6. The van der Waals surface area contributed by atoms with Crippen LogP contribution in [0.25, 0.3) is 0 Å². The Balaban J connectivity index is 1.56. The lowest BCUT2D eigenvalue weighted by atomic mass is 10.2. The fraction of sp³-hybridized carbons (Fsp3) is 0.412. The summed E-state index contributed by atoms with van der Waals surface area (Å²) in [6.45, 7) is 3.05. The van der Waals surface area contributed by atoms with Gasteiger partial charge in [-0.25, -0.2) is 0 Å². The molecular weight excluding hydrogens is 346 g/mol. The van der Waals surface area contributed by atoms with Crippen LogP contribution >= 0.6 is 11.6 Å². The van der Waals surface area contributed by atoms with Crippen LogP contribution in [0.15, 0.2) is 28.8 Å². The second kappa shape index (κ2) is 8.22. The number of nitrogens with zero attached hydrogens (tertiary/aromatic N) is 1. The van der Waals surface area contributed by atoms with Gasteiger partial charge in [-0.1, -0.05) is 16.8 Å². The molecule has 1 aromatic heterocycles. The fourth-order valence-corrected chi connectivity index (χ4v) is 2.68. The Bertz CT molecular complexity index is 728. The predicted molar refractivity (Wildman–Crippen MR) is 94.3 cm³/mol. The highest BCUT2D eigenvalue weighted by molar-refractivity contribution is 6.30. The molecule has 0 aliphatic carbocycles. The number of amides is 1. The summed E-state index contributed by atoms with van der Waals surface area (Å²) in [5, 5.41) is 9.96. The van der Waals surface area contributed by atoms with Crippen molar-refractivity contribution < 1.29 is 18.8 Å². The van der Waals surface area contributed by atoms with E-state index < -0.39 is 0 Å². The van der Waals surface area contributed by atoms with Crippen molar-refractivity contribution in [3.05, 3.63) is 35.0 Å². The Morgan fingerprint density at radius 2 is 2.32 bits per heavy atom. The molecule has 1 unspecified atom stereocenters. The Kier molecular flexibility index (Phi) is 5.78. The summed E-state index contributed by atoms with van der Waals surface area (Å²) in [6, 6.07) is 6.89. The monoisotopic (exact) mass is 365 g/mol. The summed E-state index contributed by atoms with van der Waals surface area (Å²) in [5.74, 6) is 1.39. The number of nitrogens with one attached hydrogen (secondary N) is 2. The first-order valence-electron chi connectivity index (χ1n) is 8.11. The van der Waals surface area contributed by atoms with Crippen LogP contribution in [0.2, 0.25) is 5.02 Å². The lowest BCUT2D eigenvalue weighted by Crippen LogP contribution is -2.22. The standard InChI is InChI=1S/C17H20ClN3O4/c1-11-7-16(21-25-11)20-17(22)9-19-14-8-12(18)4-5-15(14)24-10-13-3-2-6-23-13/h4-5,7-8,13,19H,2-3,6,9-10H2,1H3,(H,20,21,22). The minimum Gasteiger partial charge on any atom is -0.489 e. The number of aryl methyl sites for hydroxylation is 1. The molecule has 0 bridgehead atoms. The van der Waals surface area contributed by atoms with Gasteiger partial charge in [-0.05, 0) is 38.0 Å². The number of benzene rings is 1. The zero-order valence-corrected chi connectivity index (χ0v) is 14.6. The number of anilines is 2. The van der Waals surface area contributed by atoms with Crippen molar-refractivity contribution >= 4 is 29.0 Å². The number of carbonyl (C=O) groups excluding carboxylic acids is 1. The van der Waals surface area contributed by atoms with Crippen molar-refractivity contribution in [3.8, 4) is 5.75 Å². The van der Waals surface area contributed by atoms with Gasteiger partial charge in [0.25, 0.3) is 0 Å². The summed E-state index contributed by atoms with van der Waals surface area (Å²) in [4.78, 5) is 12.0. The van der Waals surface area contributed by atoms with Crippen molar-refractivity contribution in [1.29, 1.82) is 0 Å². The molecule has 1 aliphatic rings. The molecule has 0 saturated carbocycles. The minimum absolute atomic E-state index is 0.0442. The van der Waals surface area contributed by atoms with Crippen LogP contribution in [0, 0.1) is 6.92 Å². The van der Waals surface area contributed by atoms with Gasteiger partial charge in [-0.2, -0.15) is 0 Å². The van der Waals surface area contributed by atoms with Gasteiger partial charge < -0.3 is 24.6 Å². The molecule has 2 heterocycles. The van der Waals surface area contributed by atoms with Crippen molar-refractivity contribution in [2.24, 2.45) is 0 Å². The summed E-state index contributed by atoms with van der Waals surface area (Å²) in [7, 11) is 0. The third-order valence-corrected chi connectivity index (χ3v) is 3.96. The topological polar surface area (TPSA) is 85.6 Å². The molecule has 8 heteroatoms. The van der Waals surface area contributed by atoms with Gasteiger partial charge in [-0.3, -0.25) is 4.79 Å². The van der Waals surface area contributed by atoms with Gasteiger partial charge in [0, 0.05) is 17.7 Å². The van der Waals surface area contributed by atoms with Crippen LogP contribution in [0.4, 0.5) is 11.5 Å². The lowest BCUT2D eigenvalue weighted by Gasteiger charge is -2.16. The van der Waals surface area contributed by atoms with E-state index in [1.165, 1.54) is 0 Å². The van der Waals surface area contributed by atoms with Crippen LogP contribution < -0.4 is 15.4 Å². The molecule has 1 amide bonds. The van der Waals surface area contributed by atoms with E-state index in [0.717, 1.165) is 19.4 Å². The fourth-order valence-electron chi connectivity index (χ4n) is 2.51. The molecule has 1 aromatic carbocycles. The van der Waals surface area contributed by atoms with Crippen molar-refractivity contribution in [2.45, 2.75) is 25.9 Å². The summed E-state index contributed by atoms with van der Waals surface area (Å²) in [5.41, 5.74) is 0.650. The highest BCUT2D eigenvalue weighted by Gasteiger charge is 2.17. The highest BCUT2D eigenvalue weighted by Crippen LogP contribution is 2.28. The molecule has 0 radical (unpaired) electrons. The molecule has 1 saturated heterocycles. The molecule has 2 aromatic rings. The van der Waals surface area contributed by atoms with Crippen molar-refractivity contribution in [2.75, 3.05) is 30.4 Å². The van der Waals surface area contributed by atoms with E-state index in [0.29, 0.717) is 34.6 Å². The smallest absolute Gasteiger partial charge is 0.244 e. The maximum absolute atomic E-state index is 12.0. The van der Waals surface area contributed by atoms with E-state index in [-0.39, 0.29) is 18.6 Å². The second-order valence-corrected chi connectivity index (χ2v) is 6.25. The van der Waals surface area contributed by atoms with E-state index in [1.807, 2.05) is 0 Å². The molecule has 7 nitrogen and oxygen atoms in total. The number of aromatic nitrogens is 1. The maximum Gasteiger partial charge on any atom is 0.244 e. The maximum atomic E-state index is 12.0. The third-order valence-electron chi connectivity index (χ3n) is 3.73. The third kappa shape index (κ3) is 5.11. The predicted octanol–water partition coefficient (Wildman–Crippen LogP) is 3.24. The zero-order valence-electron chi connectivity index (χ0n) is 13.9. The van der Waals surface area contributed by atoms with E-state index in [2.05, 4.69) is 15.8 Å². The van der Waals surface area contributed by atoms with Gasteiger partial charge in [0.15, 0.2) is 5.82 Å². The first kappa shape index (κ1) is 17.6. The van der Waals surface area contributed by atoms with E-state index >= 15 is 0 Å². The average molecular weight is 366 g/mol. The normalized spacial score (nSPS) is 16.6. The largest absolute Gasteiger partial charge is 0.489 e. The highest BCUT2D eigenvalue weighted by atomic mass is 35.5. The van der Waals surface area contributed by atoms with E-state index in [9.17, 15) is 4.79 Å². The minimum atomic E-state index is -0.252. The number of ether oxygens (including phenoxy) is 2. The van der Waals surface area contributed by atoms with Crippen LogP contribution in [0.3, 0.4) is 0 Å². The molecule has 1 atom stereocenters. The Labute approximate surface area is 150 Å². The van der Waals surface area contributed by atoms with Crippen molar-refractivity contribution in [1.82, 2.24) is 5.16 Å². The van der Waals surface area contributed by atoms with Gasteiger partial charge in [0.05, 0.1) is 18.3 Å². The molecule has 1 aliphatic heterocycles. The number of carbonyl (C=O) groups is 1. The van der Waals surface area contributed by atoms with Crippen LogP contribution in [-0.2, 0) is 9.53 Å². The molecule has 3 rings (SSSR count). The first-order chi connectivity index (χ1) is 12.1. The average Bonchev–Trinajstić information content (AvgIpc) is 3.24. The number of rotatable bonds is 7. The second-order valence-electron chi connectivity index (χ2n) is 5.81. The molecule has 2 N–H and O–H groups in total. The molecule has 0 spiro atoms. The van der Waals surface area contributed by atoms with Gasteiger partial charge in [0.1, 0.15) is 18.1 Å². The van der Waals surface area contributed by atoms with Gasteiger partial charge in [-0.15, -0.1) is 0 Å². The Morgan fingerprint density at radius 1 is 1.44 bits per heavy atom. The summed E-state index contributed by atoms with van der Waals surface area (Å²) < 4.78 is 16.3. The number of halogens is 1. The molecular formula is C17H20ClN3O4. The van der Waals surface area contributed by atoms with Gasteiger partial charge in [0.2, 0.25) is 5.91 Å². The SMILES string of the molecule is Cc1cc(NC(=O)CNc2cc(Cl)ccc2OCC2CCCO2)no1. The lowest BCUT2D eigenvalue weighted by molar-refractivity contribution is -0.114. The van der Waals surface area contributed by atoms with E-state index in [1.54, 1.807) is 31.2 Å². The van der Waals surface area contributed by atoms with Gasteiger partial charge >= 0.3 is 0 Å². The van der Waals surface area contributed by atoms with Crippen LogP contribution in [0.1, 0.15) is 18.6 Å². The quantitative estimate of drug-likeness (QED) is 0.783. The van der Waals surface area contributed by atoms with Crippen LogP contribution in [-0.4, -0.2) is 36.9 Å². The Hall–Kier alpha value is -2.25. The number of hydrogen-bond donors (Lipinski definition) is 2. The Morgan fingerprint density at radius 3 is 3.04 bits per heavy atom. The van der Waals surface area contributed by atoms with E-state index in [4.69, 9.17) is 25.6 Å². The summed E-state index contributed by atoms with van der Waals surface area (Å²) >= 11 is 6.05. The molecule has 25 heavy (non-hydrogen) atoms. The van der Waals surface area contributed by atoms with Crippen molar-refractivity contribution in [3.63, 3.8) is 0 Å². The first-order valence-corrected chi connectivity index (χ1v) is 8.49. The van der Waals surface area contributed by atoms with Crippen LogP contribution in [0.5, 0.6) is 5.75 Å². The summed E-state index contributed by atoms with van der Waals surface area (Å²) in [6.07, 6.45) is 2.17. The molecule has 134 valence electrons.